The van der Waals surface area contributed by atoms with Crippen LogP contribution in [0.3, 0.4) is 0 Å². The van der Waals surface area contributed by atoms with Gasteiger partial charge in [0, 0.05) is 10.8 Å². The molecular formula is C59H69N4O16PSi. The van der Waals surface area contributed by atoms with Crippen molar-refractivity contribution in [2.45, 2.75) is 133 Å². The van der Waals surface area contributed by atoms with Gasteiger partial charge in [-0.25, -0.2) is 14.2 Å². The Morgan fingerprint density at radius 1 is 0.753 bits per heavy atom. The Hall–Kier alpha value is -6.26. The number of ether oxygens (including phenoxy) is 8. The van der Waals surface area contributed by atoms with Gasteiger partial charge in [-0.1, -0.05) is 172 Å². The summed E-state index contributed by atoms with van der Waals surface area (Å²) in [7, 11) is -7.34. The maximum atomic E-state index is 14.9. The van der Waals surface area contributed by atoms with E-state index < -0.39 is 96.3 Å². The molecule has 1 aliphatic carbocycles. The molecule has 5 aromatic rings. The fourth-order valence-corrected chi connectivity index (χ4v) is 12.3. The molecule has 20 nitrogen and oxygen atoms in total. The number of aliphatic hydroxyl groups is 1. The molecule has 4 aliphatic rings. The van der Waals surface area contributed by atoms with Crippen molar-refractivity contribution in [2.75, 3.05) is 26.4 Å². The zero-order valence-electron chi connectivity index (χ0n) is 45.9. The minimum atomic E-state index is -4.62. The van der Waals surface area contributed by atoms with Crippen LogP contribution in [0.4, 0.5) is 9.59 Å². The third-order valence-electron chi connectivity index (χ3n) is 15.1. The summed E-state index contributed by atoms with van der Waals surface area (Å²) >= 11 is 0. The summed E-state index contributed by atoms with van der Waals surface area (Å²) in [6, 6.07) is 38.7. The molecule has 5 aromatic carbocycles. The minimum absolute atomic E-state index is 0.00290. The van der Waals surface area contributed by atoms with Gasteiger partial charge in [-0.05, 0) is 68.2 Å². The van der Waals surface area contributed by atoms with E-state index in [1.807, 2.05) is 155 Å². The minimum Gasteiger partial charge on any atom is -0.449 e. The van der Waals surface area contributed by atoms with Crippen LogP contribution in [0, 0.1) is 0 Å². The SMILES string of the molecule is C=CCOC(=O)O[C@@H]1C(NC(=O)OCC2c3ccccc3-c3ccccc32)[C@H](OCC2O[C@H](O[Si](C)(C)C(C)(C)C)C(N=[N+]=[N-])[C@@H](O)[C@@H]2OCc2ccccc2)OC(COCc2ccccc2)[C@H]1OP1(=O)OCc2ccccc2CO1. The first-order valence-corrected chi connectivity index (χ1v) is 31.2. The fraction of sp³-hybridized carbons (Fsp3) is 0.424. The third kappa shape index (κ3) is 14.5. The van der Waals surface area contributed by atoms with Crippen molar-refractivity contribution in [3.8, 4) is 11.1 Å². The van der Waals surface area contributed by atoms with Gasteiger partial charge in [-0.15, -0.1) is 0 Å². The number of nitrogens with zero attached hydrogens (tertiary/aromatic N) is 3. The van der Waals surface area contributed by atoms with Gasteiger partial charge < -0.3 is 52.7 Å². The predicted molar refractivity (Wildman–Crippen MR) is 299 cm³/mol. The number of aliphatic hydroxyl groups excluding tert-OH is 1. The van der Waals surface area contributed by atoms with Gasteiger partial charge in [0.05, 0.1) is 45.7 Å². The lowest BCUT2D eigenvalue weighted by Gasteiger charge is -2.48. The molecule has 0 bridgehead atoms. The van der Waals surface area contributed by atoms with Crippen molar-refractivity contribution >= 4 is 28.4 Å². The average Bonchev–Trinajstić information content (AvgIpc) is 3.73. The second-order valence-corrected chi connectivity index (χ2v) is 27.9. The molecule has 3 heterocycles. The summed E-state index contributed by atoms with van der Waals surface area (Å²) in [6.45, 7) is 12.3. The number of carbonyl (C=O) groups excluding carboxylic acids is 2. The topological polar surface area (TPSA) is 243 Å². The van der Waals surface area contributed by atoms with Crippen LogP contribution in [-0.4, -0.2) is 113 Å². The Kier molecular flexibility index (Phi) is 19.6. The second-order valence-electron chi connectivity index (χ2n) is 21.5. The maximum Gasteiger partial charge on any atom is 0.509 e. The number of rotatable bonds is 21. The van der Waals surface area contributed by atoms with Crippen molar-refractivity contribution < 1.29 is 75.2 Å². The number of azide groups is 1. The molecule has 0 aromatic heterocycles. The van der Waals surface area contributed by atoms with Gasteiger partial charge in [0.25, 0.3) is 0 Å². The van der Waals surface area contributed by atoms with Gasteiger partial charge in [0.2, 0.25) is 0 Å². The first-order chi connectivity index (χ1) is 39.0. The Balaban J connectivity index is 1.08. The molecule has 81 heavy (non-hydrogen) atoms. The van der Waals surface area contributed by atoms with E-state index in [1.54, 1.807) is 12.1 Å². The summed E-state index contributed by atoms with van der Waals surface area (Å²) in [6.07, 6.45) is -12.4. The predicted octanol–water partition coefficient (Wildman–Crippen LogP) is 11.2. The summed E-state index contributed by atoms with van der Waals surface area (Å²) in [5, 5.41) is 18.7. The number of alkyl carbamates (subject to hydrolysis) is 1. The van der Waals surface area contributed by atoms with Crippen LogP contribution in [0.5, 0.6) is 0 Å². The van der Waals surface area contributed by atoms with Crippen molar-refractivity contribution in [3.63, 3.8) is 0 Å². The molecule has 3 aliphatic heterocycles. The first-order valence-electron chi connectivity index (χ1n) is 26.8. The first kappa shape index (κ1) is 59.4. The van der Waals surface area contributed by atoms with E-state index in [9.17, 15) is 24.8 Å². The molecule has 4 unspecified atom stereocenters. The zero-order valence-corrected chi connectivity index (χ0v) is 47.7. The molecule has 22 heteroatoms. The molecule has 2 N–H and O–H groups in total. The van der Waals surface area contributed by atoms with Gasteiger partial charge in [0.15, 0.2) is 27.0 Å². The van der Waals surface area contributed by atoms with Gasteiger partial charge in [-0.2, -0.15) is 0 Å². The van der Waals surface area contributed by atoms with Gasteiger partial charge in [-0.3, -0.25) is 13.6 Å². The largest absolute Gasteiger partial charge is 0.509 e. The number of hydrogen-bond donors (Lipinski definition) is 2. The zero-order chi connectivity index (χ0) is 57.2. The van der Waals surface area contributed by atoms with Gasteiger partial charge in [0.1, 0.15) is 49.7 Å². The van der Waals surface area contributed by atoms with Crippen LogP contribution in [0.1, 0.15) is 60.1 Å². The molecule has 1 amide bonds. The molecular weight excluding hydrogens is 1080 g/mol. The standard InChI is InChI=1S/C59H69N4O16PSi/c1-7-30-69-58(66)77-54-50(61-57(65)72-35-46-44-28-18-16-26-42(44)43-27-17-19-29-45(43)46)55(75-47(36-68-31-38-20-10-8-11-21-38)53(54)78-80(67)73-33-40-24-14-15-25-41(40)34-74-80)71-37-48-52(70-32-39-22-12-9-13-23-39)51(64)49(62-63-60)56(76-48)79-81(5,6)59(2,3)4/h7-29,46-56,64H,1,30-37H2,2-6H3,(H,61,65)/t47?,48?,49?,50?,51-,52-,53-,54-,55-,56-/m1/s1. The number of phosphoric ester groups is 1. The average molecular weight is 1150 g/mol. The molecule has 9 rings (SSSR count). The molecule has 430 valence electrons. The van der Waals surface area contributed by atoms with Crippen molar-refractivity contribution in [1.82, 2.24) is 5.32 Å². The Bertz CT molecular complexity index is 2960. The monoisotopic (exact) mass is 1150 g/mol. The van der Waals surface area contributed by atoms with Crippen LogP contribution in [0.25, 0.3) is 21.6 Å². The smallest absolute Gasteiger partial charge is 0.449 e. The van der Waals surface area contributed by atoms with E-state index in [1.165, 1.54) is 6.08 Å². The molecule has 0 spiro atoms. The number of hydrogen-bond acceptors (Lipinski definition) is 17. The van der Waals surface area contributed by atoms with Crippen LogP contribution in [-0.2, 0) is 86.9 Å². The number of amides is 1. The third-order valence-corrected chi connectivity index (χ3v) is 20.9. The van der Waals surface area contributed by atoms with E-state index in [2.05, 4.69) is 21.9 Å². The van der Waals surface area contributed by atoms with E-state index in [-0.39, 0.29) is 57.2 Å². The molecule has 2 saturated heterocycles. The highest BCUT2D eigenvalue weighted by molar-refractivity contribution is 7.48. The van der Waals surface area contributed by atoms with Crippen molar-refractivity contribution in [1.29, 1.82) is 0 Å². The second kappa shape index (κ2) is 26.8. The lowest BCUT2D eigenvalue weighted by Crippen LogP contribution is -2.67. The van der Waals surface area contributed by atoms with E-state index in [0.717, 1.165) is 33.4 Å². The Labute approximate surface area is 472 Å². The van der Waals surface area contributed by atoms with E-state index in [4.69, 9.17) is 55.9 Å². The highest BCUT2D eigenvalue weighted by Gasteiger charge is 2.56. The molecule has 10 atom stereocenters. The molecule has 0 radical (unpaired) electrons. The van der Waals surface area contributed by atoms with Gasteiger partial charge >= 0.3 is 20.1 Å². The highest BCUT2D eigenvalue weighted by atomic mass is 31.2. The number of benzene rings is 5. The number of fused-ring (bicyclic) bond motifs is 4. The summed E-state index contributed by atoms with van der Waals surface area (Å²) < 4.78 is 90.6. The maximum absolute atomic E-state index is 14.9. The van der Waals surface area contributed by atoms with Crippen molar-refractivity contribution in [2.24, 2.45) is 5.11 Å². The Morgan fingerprint density at radius 2 is 1.32 bits per heavy atom. The lowest BCUT2D eigenvalue weighted by atomic mass is 9.96. The summed E-state index contributed by atoms with van der Waals surface area (Å²) in [5.74, 6) is -0.349. The van der Waals surface area contributed by atoms with Crippen LogP contribution < -0.4 is 5.32 Å². The Morgan fingerprint density at radius 3 is 1.93 bits per heavy atom. The number of carbonyl (C=O) groups is 2. The summed E-state index contributed by atoms with van der Waals surface area (Å²) in [4.78, 5) is 31.6. The van der Waals surface area contributed by atoms with Crippen molar-refractivity contribution in [3.05, 3.63) is 190 Å². The number of nitrogens with one attached hydrogen (secondary N) is 1. The number of phosphoric acid groups is 1. The fourth-order valence-electron chi connectivity index (χ4n) is 9.85. The molecule has 0 saturated carbocycles. The molecule has 2 fully saturated rings. The lowest BCUT2D eigenvalue weighted by molar-refractivity contribution is -0.299. The van der Waals surface area contributed by atoms with E-state index in [0.29, 0.717) is 11.1 Å². The highest BCUT2D eigenvalue weighted by Crippen LogP contribution is 2.55. The summed E-state index contributed by atoms with van der Waals surface area (Å²) in [5.41, 5.74) is 16.7. The van der Waals surface area contributed by atoms with Crippen LogP contribution >= 0.6 is 7.82 Å². The van der Waals surface area contributed by atoms with E-state index >= 15 is 0 Å². The quantitative estimate of drug-likeness (QED) is 0.0132. The van der Waals surface area contributed by atoms with Crippen LogP contribution in [0.2, 0.25) is 18.1 Å². The van der Waals surface area contributed by atoms with Crippen LogP contribution in [0.15, 0.2) is 151 Å². The normalized spacial score (nSPS) is 25.2.